The molecule has 8 heteroatoms. The lowest BCUT2D eigenvalue weighted by molar-refractivity contribution is -0.118. The highest BCUT2D eigenvalue weighted by molar-refractivity contribution is 7.99. The number of methoxy groups -OCH3 is 1. The smallest absolute Gasteiger partial charge is 0.244 e. The number of ether oxygens (including phenoxy) is 1. The normalized spacial score (nSPS) is 10.5. The van der Waals surface area contributed by atoms with E-state index >= 15 is 0 Å². The second-order valence-corrected chi connectivity index (χ2v) is 5.98. The molecule has 1 amide bonds. The summed E-state index contributed by atoms with van der Waals surface area (Å²) in [6.45, 7) is 0. The molecule has 3 rings (SSSR count). The van der Waals surface area contributed by atoms with Crippen LogP contribution in [0, 0.1) is 0 Å². The number of nitrogens with two attached hydrogens (primary N) is 1. The van der Waals surface area contributed by atoms with Crippen molar-refractivity contribution in [1.29, 1.82) is 0 Å². The van der Waals surface area contributed by atoms with E-state index in [4.69, 9.17) is 10.6 Å². The zero-order valence-corrected chi connectivity index (χ0v) is 14.4. The molecule has 25 heavy (non-hydrogen) atoms. The third kappa shape index (κ3) is 3.65. The van der Waals surface area contributed by atoms with Crippen LogP contribution in [-0.4, -0.2) is 33.5 Å². The largest absolute Gasteiger partial charge is 0.496 e. The van der Waals surface area contributed by atoms with Gasteiger partial charge in [0.15, 0.2) is 11.0 Å². The van der Waals surface area contributed by atoms with E-state index in [0.717, 1.165) is 11.3 Å². The number of carbonyl (C=O) groups is 1. The van der Waals surface area contributed by atoms with Crippen LogP contribution >= 0.6 is 11.8 Å². The summed E-state index contributed by atoms with van der Waals surface area (Å²) in [5.41, 5.74) is 3.82. The van der Waals surface area contributed by atoms with Gasteiger partial charge >= 0.3 is 0 Å². The summed E-state index contributed by atoms with van der Waals surface area (Å²) >= 11 is 1.26. The highest BCUT2D eigenvalue weighted by atomic mass is 32.2. The van der Waals surface area contributed by atoms with Gasteiger partial charge in [0, 0.05) is 5.69 Å². The third-order valence-corrected chi connectivity index (χ3v) is 4.42. The molecular formula is C17H17N5O2S. The first kappa shape index (κ1) is 17.0. The number of benzene rings is 2. The average molecular weight is 355 g/mol. The summed E-state index contributed by atoms with van der Waals surface area (Å²) in [4.78, 5) is 11.5. The standard InChI is InChI=1S/C17H17N5O2S/c1-24-14-10-6-5-9-13(14)16-20-21-17(25-11-15(23)19-18)22(16)12-7-3-2-4-8-12/h2-10H,11,18H2,1H3,(H,19,23). The lowest BCUT2D eigenvalue weighted by Crippen LogP contribution is -2.31. The van der Waals surface area contributed by atoms with Crippen LogP contribution in [0.15, 0.2) is 59.8 Å². The molecule has 1 heterocycles. The Balaban J connectivity index is 2.10. The molecule has 1 aromatic heterocycles. The number of nitrogens with zero attached hydrogens (tertiary/aromatic N) is 3. The molecule has 0 atom stereocenters. The van der Waals surface area contributed by atoms with E-state index in [0.29, 0.717) is 16.7 Å². The highest BCUT2D eigenvalue weighted by Crippen LogP contribution is 2.32. The fourth-order valence-corrected chi connectivity index (χ4v) is 3.11. The van der Waals surface area contributed by atoms with Gasteiger partial charge < -0.3 is 4.74 Å². The summed E-state index contributed by atoms with van der Waals surface area (Å²) in [6, 6.07) is 17.3. The molecule has 0 aliphatic carbocycles. The predicted octanol–water partition coefficient (Wildman–Crippen LogP) is 2.02. The van der Waals surface area contributed by atoms with E-state index in [1.54, 1.807) is 7.11 Å². The summed E-state index contributed by atoms with van der Waals surface area (Å²) < 4.78 is 7.34. The van der Waals surface area contributed by atoms with Crippen LogP contribution in [-0.2, 0) is 4.79 Å². The molecule has 0 unspecified atom stereocenters. The SMILES string of the molecule is COc1ccccc1-c1nnc(SCC(=O)NN)n1-c1ccccc1. The van der Waals surface area contributed by atoms with Crippen molar-refractivity contribution in [2.75, 3.05) is 12.9 Å². The maximum atomic E-state index is 11.5. The van der Waals surface area contributed by atoms with Crippen LogP contribution in [0.2, 0.25) is 0 Å². The molecule has 0 fully saturated rings. The Kier molecular flexibility index (Phi) is 5.32. The van der Waals surface area contributed by atoms with Gasteiger partial charge in [0.2, 0.25) is 5.91 Å². The topological polar surface area (TPSA) is 95.1 Å². The first-order valence-corrected chi connectivity index (χ1v) is 8.49. The number of aromatic nitrogens is 3. The number of hydrogen-bond donors (Lipinski definition) is 2. The summed E-state index contributed by atoms with van der Waals surface area (Å²) in [5.74, 6) is 6.34. The molecule has 0 saturated heterocycles. The van der Waals surface area contributed by atoms with Gasteiger partial charge in [-0.3, -0.25) is 14.8 Å². The van der Waals surface area contributed by atoms with Crippen molar-refractivity contribution in [1.82, 2.24) is 20.2 Å². The zero-order valence-electron chi connectivity index (χ0n) is 13.5. The van der Waals surface area contributed by atoms with Crippen LogP contribution in [0.3, 0.4) is 0 Å². The van der Waals surface area contributed by atoms with Crippen molar-refractivity contribution in [3.63, 3.8) is 0 Å². The summed E-state index contributed by atoms with van der Waals surface area (Å²) in [7, 11) is 1.61. The number of amides is 1. The highest BCUT2D eigenvalue weighted by Gasteiger charge is 2.19. The fraction of sp³-hybridized carbons (Fsp3) is 0.118. The maximum Gasteiger partial charge on any atom is 0.244 e. The van der Waals surface area contributed by atoms with Crippen LogP contribution in [0.25, 0.3) is 17.1 Å². The van der Waals surface area contributed by atoms with Crippen molar-refractivity contribution in [2.24, 2.45) is 5.84 Å². The van der Waals surface area contributed by atoms with E-state index in [1.807, 2.05) is 59.2 Å². The first-order valence-electron chi connectivity index (χ1n) is 7.51. The molecule has 128 valence electrons. The lowest BCUT2D eigenvalue weighted by atomic mass is 10.2. The Hall–Kier alpha value is -2.84. The Morgan fingerprint density at radius 2 is 1.88 bits per heavy atom. The van der Waals surface area contributed by atoms with Crippen molar-refractivity contribution >= 4 is 17.7 Å². The zero-order chi connectivity index (χ0) is 17.6. The Bertz CT molecular complexity index is 866. The van der Waals surface area contributed by atoms with E-state index in [2.05, 4.69) is 15.6 Å². The van der Waals surface area contributed by atoms with Crippen LogP contribution in [0.4, 0.5) is 0 Å². The minimum absolute atomic E-state index is 0.146. The molecule has 0 aliphatic heterocycles. The molecular weight excluding hydrogens is 338 g/mol. The molecule has 0 bridgehead atoms. The monoisotopic (exact) mass is 355 g/mol. The first-order chi connectivity index (χ1) is 12.2. The number of nitrogens with one attached hydrogen (secondary N) is 1. The van der Waals surface area contributed by atoms with Crippen LogP contribution in [0.1, 0.15) is 0 Å². The number of hydrazine groups is 1. The lowest BCUT2D eigenvalue weighted by Gasteiger charge is -2.12. The number of thioether (sulfide) groups is 1. The molecule has 0 radical (unpaired) electrons. The van der Waals surface area contributed by atoms with Crippen LogP contribution in [0.5, 0.6) is 5.75 Å². The van der Waals surface area contributed by atoms with Gasteiger partial charge in [-0.2, -0.15) is 0 Å². The molecule has 0 spiro atoms. The Morgan fingerprint density at radius 3 is 2.60 bits per heavy atom. The number of carbonyl (C=O) groups excluding carboxylic acids is 1. The number of rotatable bonds is 6. The van der Waals surface area contributed by atoms with Gasteiger partial charge in [0.25, 0.3) is 0 Å². The minimum atomic E-state index is -0.286. The van der Waals surface area contributed by atoms with E-state index in [-0.39, 0.29) is 11.7 Å². The Morgan fingerprint density at radius 1 is 1.16 bits per heavy atom. The summed E-state index contributed by atoms with van der Waals surface area (Å²) in [5, 5.41) is 9.17. The molecule has 2 aromatic carbocycles. The maximum absolute atomic E-state index is 11.5. The van der Waals surface area contributed by atoms with Gasteiger partial charge in [-0.1, -0.05) is 42.1 Å². The number of hydrogen-bond acceptors (Lipinski definition) is 6. The van der Waals surface area contributed by atoms with E-state index in [1.165, 1.54) is 11.8 Å². The molecule has 3 aromatic rings. The van der Waals surface area contributed by atoms with Gasteiger partial charge in [0.05, 0.1) is 18.4 Å². The van der Waals surface area contributed by atoms with Gasteiger partial charge in [-0.05, 0) is 24.3 Å². The average Bonchev–Trinajstić information content (AvgIpc) is 3.10. The molecule has 0 saturated carbocycles. The molecule has 0 aliphatic rings. The predicted molar refractivity (Wildman–Crippen MR) is 96.4 cm³/mol. The van der Waals surface area contributed by atoms with Crippen molar-refractivity contribution in [3.8, 4) is 22.8 Å². The second-order valence-electron chi connectivity index (χ2n) is 5.03. The summed E-state index contributed by atoms with van der Waals surface area (Å²) in [6.07, 6.45) is 0. The molecule has 3 N–H and O–H groups in total. The van der Waals surface area contributed by atoms with Crippen molar-refractivity contribution in [2.45, 2.75) is 5.16 Å². The van der Waals surface area contributed by atoms with E-state index < -0.39 is 0 Å². The van der Waals surface area contributed by atoms with Crippen LogP contribution < -0.4 is 16.0 Å². The van der Waals surface area contributed by atoms with Gasteiger partial charge in [-0.25, -0.2) is 5.84 Å². The number of para-hydroxylation sites is 2. The minimum Gasteiger partial charge on any atom is -0.496 e. The van der Waals surface area contributed by atoms with E-state index in [9.17, 15) is 4.79 Å². The van der Waals surface area contributed by atoms with Gasteiger partial charge in [-0.15, -0.1) is 10.2 Å². The van der Waals surface area contributed by atoms with Crippen molar-refractivity contribution < 1.29 is 9.53 Å². The Labute approximate surface area is 149 Å². The fourth-order valence-electron chi connectivity index (χ4n) is 2.35. The quantitative estimate of drug-likeness (QED) is 0.304. The third-order valence-electron chi connectivity index (χ3n) is 3.49. The molecule has 7 nitrogen and oxygen atoms in total. The van der Waals surface area contributed by atoms with Gasteiger partial charge in [0.1, 0.15) is 5.75 Å². The second kappa shape index (κ2) is 7.82. The van der Waals surface area contributed by atoms with Crippen molar-refractivity contribution in [3.05, 3.63) is 54.6 Å².